The molecule has 0 unspecified atom stereocenters. The summed E-state index contributed by atoms with van der Waals surface area (Å²) >= 11 is 0. The lowest BCUT2D eigenvalue weighted by molar-refractivity contribution is 0.0795. The van der Waals surface area contributed by atoms with E-state index in [0.29, 0.717) is 30.6 Å². The third-order valence-electron chi connectivity index (χ3n) is 4.19. The Hall–Kier alpha value is -3.10. The van der Waals surface area contributed by atoms with Gasteiger partial charge in [-0.15, -0.1) is 0 Å². The molecule has 8 heteroatoms. The lowest BCUT2D eigenvalue weighted by Gasteiger charge is -2.11. The number of phenols is 2. The van der Waals surface area contributed by atoms with E-state index in [2.05, 4.69) is 0 Å². The summed E-state index contributed by atoms with van der Waals surface area (Å²) in [6, 6.07) is 8.76. The quantitative estimate of drug-likeness (QED) is 0.250. The number of aromatic hydroxyl groups is 2. The van der Waals surface area contributed by atoms with Gasteiger partial charge in [-0.2, -0.15) is 0 Å². The first-order valence-corrected chi connectivity index (χ1v) is 10.1. The first kappa shape index (κ1) is 24.2. The van der Waals surface area contributed by atoms with Gasteiger partial charge in [0.05, 0.1) is 19.8 Å². The Morgan fingerprint density at radius 3 is 2.10 bits per heavy atom. The highest BCUT2D eigenvalue weighted by Gasteiger charge is 2.11. The summed E-state index contributed by atoms with van der Waals surface area (Å²) in [4.78, 5) is 23.1. The maximum atomic E-state index is 12.4. The topological polar surface area (TPSA) is 112 Å². The normalized spacial score (nSPS) is 10.6. The van der Waals surface area contributed by atoms with E-state index in [1.165, 1.54) is 36.4 Å². The maximum absolute atomic E-state index is 12.4. The Morgan fingerprint density at radius 1 is 0.839 bits per heavy atom. The first-order chi connectivity index (χ1) is 15.0. The van der Waals surface area contributed by atoms with Crippen LogP contribution in [0.5, 0.6) is 23.0 Å². The van der Waals surface area contributed by atoms with Crippen molar-refractivity contribution in [2.75, 3.05) is 39.6 Å². The Bertz CT molecular complexity index is 849. The molecule has 0 aliphatic rings. The smallest absolute Gasteiger partial charge is 0.165 e. The standard InChI is InChI=1S/C23H28O8/c1-2-8-28-10-12-31-23-15-18(4-6-21(23)27)19(25)7-9-29-11-13-30-22-14-17(16-24)3-5-20(22)26/h3-6,14-16,26-27H,2,7-13H2,1H3. The molecule has 31 heavy (non-hydrogen) atoms. The summed E-state index contributed by atoms with van der Waals surface area (Å²) in [5.41, 5.74) is 0.808. The zero-order chi connectivity index (χ0) is 22.5. The van der Waals surface area contributed by atoms with Crippen LogP contribution in [0.15, 0.2) is 36.4 Å². The molecule has 0 bridgehead atoms. The lowest BCUT2D eigenvalue weighted by atomic mass is 10.1. The molecule has 0 heterocycles. The number of benzene rings is 2. The zero-order valence-electron chi connectivity index (χ0n) is 17.5. The highest BCUT2D eigenvalue weighted by Crippen LogP contribution is 2.28. The van der Waals surface area contributed by atoms with Crippen LogP contribution in [0.2, 0.25) is 0 Å². The molecule has 0 saturated carbocycles. The zero-order valence-corrected chi connectivity index (χ0v) is 17.5. The van der Waals surface area contributed by atoms with Crippen molar-refractivity contribution in [2.45, 2.75) is 19.8 Å². The van der Waals surface area contributed by atoms with Crippen molar-refractivity contribution in [2.24, 2.45) is 0 Å². The molecule has 0 atom stereocenters. The monoisotopic (exact) mass is 432 g/mol. The summed E-state index contributed by atoms with van der Waals surface area (Å²) in [6.45, 7) is 3.88. The van der Waals surface area contributed by atoms with Gasteiger partial charge in [0.25, 0.3) is 0 Å². The summed E-state index contributed by atoms with van der Waals surface area (Å²) in [7, 11) is 0. The van der Waals surface area contributed by atoms with Crippen molar-refractivity contribution in [3.63, 3.8) is 0 Å². The van der Waals surface area contributed by atoms with Crippen LogP contribution >= 0.6 is 0 Å². The Kier molecular flexibility index (Phi) is 10.3. The third kappa shape index (κ3) is 8.27. The average molecular weight is 432 g/mol. The molecule has 0 spiro atoms. The number of aldehydes is 1. The third-order valence-corrected chi connectivity index (χ3v) is 4.19. The number of rotatable bonds is 15. The first-order valence-electron chi connectivity index (χ1n) is 10.1. The molecule has 0 aliphatic heterocycles. The van der Waals surface area contributed by atoms with Crippen molar-refractivity contribution in [3.05, 3.63) is 47.5 Å². The molecule has 8 nitrogen and oxygen atoms in total. The van der Waals surface area contributed by atoms with Gasteiger partial charge in [-0.1, -0.05) is 6.92 Å². The van der Waals surface area contributed by atoms with Gasteiger partial charge >= 0.3 is 0 Å². The second kappa shape index (κ2) is 13.3. The fraction of sp³-hybridized carbons (Fsp3) is 0.391. The summed E-state index contributed by atoms with van der Waals surface area (Å²) < 4.78 is 21.6. The second-order valence-corrected chi connectivity index (χ2v) is 6.62. The minimum Gasteiger partial charge on any atom is -0.504 e. The molecule has 0 aliphatic carbocycles. The number of phenolic OH excluding ortho intramolecular Hbond substituents is 2. The van der Waals surface area contributed by atoms with E-state index < -0.39 is 0 Å². The van der Waals surface area contributed by atoms with Crippen molar-refractivity contribution in [1.29, 1.82) is 0 Å². The van der Waals surface area contributed by atoms with Crippen LogP contribution in [0.1, 0.15) is 40.5 Å². The van der Waals surface area contributed by atoms with Crippen molar-refractivity contribution in [1.82, 2.24) is 0 Å². The van der Waals surface area contributed by atoms with E-state index in [1.54, 1.807) is 0 Å². The molecule has 2 aromatic carbocycles. The number of hydrogen-bond acceptors (Lipinski definition) is 8. The number of ketones is 1. The number of hydrogen-bond donors (Lipinski definition) is 2. The summed E-state index contributed by atoms with van der Waals surface area (Å²) in [5, 5.41) is 19.6. The van der Waals surface area contributed by atoms with E-state index in [4.69, 9.17) is 18.9 Å². The molecule has 2 N–H and O–H groups in total. The average Bonchev–Trinajstić information content (AvgIpc) is 2.78. The molecule has 0 radical (unpaired) electrons. The van der Waals surface area contributed by atoms with Crippen LogP contribution in [0.4, 0.5) is 0 Å². The number of ether oxygens (including phenoxy) is 4. The fourth-order valence-electron chi connectivity index (χ4n) is 2.60. The molecule has 2 rings (SSSR count). The van der Waals surface area contributed by atoms with Crippen LogP contribution in [-0.4, -0.2) is 61.9 Å². The SMILES string of the molecule is CCCOCCOc1cc(C(=O)CCOCCOc2cc(C=O)ccc2O)ccc1O. The van der Waals surface area contributed by atoms with Gasteiger partial charge < -0.3 is 29.2 Å². The molecule has 0 aromatic heterocycles. The Morgan fingerprint density at radius 2 is 1.45 bits per heavy atom. The minimum absolute atomic E-state index is 0.0395. The molecule has 0 saturated heterocycles. The second-order valence-electron chi connectivity index (χ2n) is 6.62. The van der Waals surface area contributed by atoms with Crippen LogP contribution in [-0.2, 0) is 9.47 Å². The molecule has 0 amide bonds. The van der Waals surface area contributed by atoms with Gasteiger partial charge in [-0.3, -0.25) is 9.59 Å². The van der Waals surface area contributed by atoms with Crippen molar-refractivity contribution < 1.29 is 38.7 Å². The van der Waals surface area contributed by atoms with Crippen LogP contribution in [0.3, 0.4) is 0 Å². The van der Waals surface area contributed by atoms with Gasteiger partial charge in [-0.05, 0) is 42.8 Å². The van der Waals surface area contributed by atoms with Gasteiger partial charge in [0.15, 0.2) is 28.8 Å². The Balaban J connectivity index is 1.71. The van der Waals surface area contributed by atoms with Gasteiger partial charge in [-0.25, -0.2) is 0 Å². The molecular formula is C23H28O8. The largest absolute Gasteiger partial charge is 0.504 e. The molecule has 2 aromatic rings. The molecule has 0 fully saturated rings. The molecular weight excluding hydrogens is 404 g/mol. The van der Waals surface area contributed by atoms with Gasteiger partial charge in [0.2, 0.25) is 0 Å². The van der Waals surface area contributed by atoms with Crippen LogP contribution in [0.25, 0.3) is 0 Å². The number of carbonyl (C=O) groups excluding carboxylic acids is 2. The lowest BCUT2D eigenvalue weighted by Crippen LogP contribution is -2.11. The van der Waals surface area contributed by atoms with Gasteiger partial charge in [0, 0.05) is 24.2 Å². The summed E-state index contributed by atoms with van der Waals surface area (Å²) in [6.07, 6.45) is 1.73. The highest BCUT2D eigenvalue weighted by molar-refractivity contribution is 5.96. The molecule has 168 valence electrons. The van der Waals surface area contributed by atoms with E-state index in [1.807, 2.05) is 6.92 Å². The number of carbonyl (C=O) groups is 2. The van der Waals surface area contributed by atoms with Crippen molar-refractivity contribution in [3.8, 4) is 23.0 Å². The van der Waals surface area contributed by atoms with E-state index in [-0.39, 0.29) is 61.6 Å². The maximum Gasteiger partial charge on any atom is 0.165 e. The fourth-order valence-corrected chi connectivity index (χ4v) is 2.60. The van der Waals surface area contributed by atoms with Gasteiger partial charge in [0.1, 0.15) is 19.5 Å². The minimum atomic E-state index is -0.149. The Labute approximate surface area is 181 Å². The van der Waals surface area contributed by atoms with E-state index in [0.717, 1.165) is 6.42 Å². The highest BCUT2D eigenvalue weighted by atomic mass is 16.5. The van der Waals surface area contributed by atoms with Crippen molar-refractivity contribution >= 4 is 12.1 Å². The predicted molar refractivity (Wildman–Crippen MR) is 113 cm³/mol. The van der Waals surface area contributed by atoms with Crippen LogP contribution < -0.4 is 9.47 Å². The van der Waals surface area contributed by atoms with E-state index >= 15 is 0 Å². The van der Waals surface area contributed by atoms with E-state index in [9.17, 15) is 19.8 Å². The summed E-state index contributed by atoms with van der Waals surface area (Å²) in [5.74, 6) is 0.174. The number of Topliss-reactive ketones (excluding diaryl/α,β-unsaturated/α-hetero) is 1. The predicted octanol–water partition coefficient (Wildman–Crippen LogP) is 3.38. The van der Waals surface area contributed by atoms with Crippen LogP contribution in [0, 0.1) is 0 Å².